The van der Waals surface area contributed by atoms with Gasteiger partial charge >= 0.3 is 0 Å². The molecule has 0 spiro atoms. The summed E-state index contributed by atoms with van der Waals surface area (Å²) in [5.41, 5.74) is 2.35. The monoisotopic (exact) mass is 325 g/mol. The Morgan fingerprint density at radius 1 is 1.00 bits per heavy atom. The zero-order chi connectivity index (χ0) is 17.3. The van der Waals surface area contributed by atoms with Crippen LogP contribution in [0.25, 0.3) is 10.9 Å². The van der Waals surface area contributed by atoms with Crippen LogP contribution in [0.2, 0.25) is 0 Å². The Hall–Kier alpha value is -3.22. The van der Waals surface area contributed by atoms with Crippen LogP contribution in [-0.4, -0.2) is 20.9 Å². The summed E-state index contributed by atoms with van der Waals surface area (Å²) >= 11 is 0. The number of aromatic nitrogens is 1. The zero-order valence-electron chi connectivity index (χ0n) is 12.9. The number of fused-ring (bicyclic) bond motifs is 1. The third-order valence-corrected chi connectivity index (χ3v) is 4.23. The first kappa shape index (κ1) is 15.7. The number of nitro benzene ring substituents is 1. The Morgan fingerprint density at radius 2 is 1.67 bits per heavy atom. The van der Waals surface area contributed by atoms with Crippen LogP contribution in [0.3, 0.4) is 0 Å². The van der Waals surface area contributed by atoms with Crippen molar-refractivity contribution in [2.45, 2.75) is 18.9 Å². The van der Waals surface area contributed by atoms with Crippen molar-refractivity contribution in [1.82, 2.24) is 4.98 Å². The van der Waals surface area contributed by atoms with Gasteiger partial charge in [-0.1, -0.05) is 30.3 Å². The van der Waals surface area contributed by atoms with Crippen LogP contribution in [0.5, 0.6) is 0 Å². The summed E-state index contributed by atoms with van der Waals surface area (Å²) in [5, 5.41) is 23.1. The van der Waals surface area contributed by atoms with Crippen molar-refractivity contribution in [3.63, 3.8) is 0 Å². The molecular formula is C17H15N3O4. The fraction of sp³-hybridized carbons (Fsp3) is 0.176. The molecule has 0 saturated carbocycles. The average molecular weight is 325 g/mol. The second-order valence-corrected chi connectivity index (χ2v) is 5.64. The van der Waals surface area contributed by atoms with Crippen LogP contribution in [-0.2, 0) is 0 Å². The second kappa shape index (κ2) is 6.11. The third kappa shape index (κ3) is 2.71. The van der Waals surface area contributed by atoms with Crippen molar-refractivity contribution >= 4 is 16.6 Å². The van der Waals surface area contributed by atoms with Crippen LogP contribution in [0.4, 0.5) is 5.69 Å². The summed E-state index contributed by atoms with van der Waals surface area (Å²) in [6.07, 6.45) is 1.77. The van der Waals surface area contributed by atoms with Gasteiger partial charge in [0.25, 0.3) is 5.69 Å². The summed E-state index contributed by atoms with van der Waals surface area (Å²) in [5.74, 6) is -0.503. The highest BCUT2D eigenvalue weighted by Crippen LogP contribution is 2.35. The van der Waals surface area contributed by atoms with Crippen LogP contribution in [0.1, 0.15) is 24.0 Å². The predicted octanol–water partition coefficient (Wildman–Crippen LogP) is 3.87. The van der Waals surface area contributed by atoms with E-state index in [-0.39, 0.29) is 10.6 Å². The van der Waals surface area contributed by atoms with E-state index in [1.54, 1.807) is 25.3 Å². The normalized spacial score (nSPS) is 13.5. The molecule has 122 valence electrons. The molecule has 0 bridgehead atoms. The van der Waals surface area contributed by atoms with Crippen molar-refractivity contribution in [1.29, 1.82) is 0 Å². The van der Waals surface area contributed by atoms with Crippen molar-refractivity contribution in [3.05, 3.63) is 86.1 Å². The maximum Gasteiger partial charge on any atom is 0.269 e. The van der Waals surface area contributed by atoms with E-state index in [0.29, 0.717) is 5.56 Å². The minimum Gasteiger partial charge on any atom is -0.361 e. The van der Waals surface area contributed by atoms with E-state index in [1.807, 2.05) is 24.3 Å². The maximum atomic E-state index is 11.4. The van der Waals surface area contributed by atoms with E-state index in [1.165, 1.54) is 12.1 Å². The Labute approximate surface area is 137 Å². The number of hydrogen-bond acceptors (Lipinski definition) is 4. The SMILES string of the molecule is CC(C(c1ccc([N+](=O)[O-])cc1)c1c[nH]c2ccccc12)[N+](=O)[O-]. The van der Waals surface area contributed by atoms with Gasteiger partial charge in [0.2, 0.25) is 6.04 Å². The lowest BCUT2D eigenvalue weighted by atomic mass is 9.86. The molecule has 1 aromatic heterocycles. The van der Waals surface area contributed by atoms with Crippen LogP contribution in [0.15, 0.2) is 54.7 Å². The highest BCUT2D eigenvalue weighted by Gasteiger charge is 2.32. The lowest BCUT2D eigenvalue weighted by Crippen LogP contribution is -2.25. The molecule has 0 radical (unpaired) electrons. The number of nitro groups is 2. The first-order valence-corrected chi connectivity index (χ1v) is 7.43. The van der Waals surface area contributed by atoms with Crippen molar-refractivity contribution in [2.75, 3.05) is 0 Å². The lowest BCUT2D eigenvalue weighted by molar-refractivity contribution is -0.520. The number of nitrogens with one attached hydrogen (secondary N) is 1. The first-order valence-electron chi connectivity index (χ1n) is 7.43. The molecule has 0 aliphatic rings. The molecular weight excluding hydrogens is 310 g/mol. The van der Waals surface area contributed by atoms with E-state index in [0.717, 1.165) is 16.5 Å². The quantitative estimate of drug-likeness (QED) is 0.568. The number of nitrogens with zero attached hydrogens (tertiary/aromatic N) is 2. The summed E-state index contributed by atoms with van der Waals surface area (Å²) < 4.78 is 0. The average Bonchev–Trinajstić information content (AvgIpc) is 2.99. The molecule has 1 N–H and O–H groups in total. The van der Waals surface area contributed by atoms with Gasteiger partial charge in [0.05, 0.1) is 10.8 Å². The Morgan fingerprint density at radius 3 is 2.29 bits per heavy atom. The van der Waals surface area contributed by atoms with Gasteiger partial charge in [-0.25, -0.2) is 0 Å². The highest BCUT2D eigenvalue weighted by atomic mass is 16.6. The Bertz CT molecular complexity index is 902. The minimum absolute atomic E-state index is 0.0369. The number of H-pyrrole nitrogens is 1. The predicted molar refractivity (Wildman–Crippen MR) is 89.7 cm³/mol. The Balaban J connectivity index is 2.13. The molecule has 7 heteroatoms. The minimum atomic E-state index is -0.870. The number of aromatic amines is 1. The zero-order valence-corrected chi connectivity index (χ0v) is 12.9. The smallest absolute Gasteiger partial charge is 0.269 e. The van der Waals surface area contributed by atoms with Crippen LogP contribution >= 0.6 is 0 Å². The molecule has 0 aliphatic carbocycles. The largest absolute Gasteiger partial charge is 0.361 e. The van der Waals surface area contributed by atoms with E-state index < -0.39 is 16.9 Å². The molecule has 2 aromatic carbocycles. The van der Waals surface area contributed by atoms with Gasteiger partial charge in [-0.05, 0) is 17.2 Å². The fourth-order valence-corrected chi connectivity index (χ4v) is 2.99. The van der Waals surface area contributed by atoms with E-state index >= 15 is 0 Å². The van der Waals surface area contributed by atoms with Crippen molar-refractivity contribution < 1.29 is 9.85 Å². The first-order chi connectivity index (χ1) is 11.5. The standard InChI is InChI=1S/C17H15N3O4/c1-11(19(21)22)17(12-6-8-13(9-7-12)20(23)24)15-10-18-16-5-3-2-4-14(15)16/h2-11,17-18H,1H3. The summed E-state index contributed by atoms with van der Waals surface area (Å²) in [4.78, 5) is 24.5. The lowest BCUT2D eigenvalue weighted by Gasteiger charge is -2.18. The molecule has 24 heavy (non-hydrogen) atoms. The number of rotatable bonds is 5. The maximum absolute atomic E-state index is 11.4. The third-order valence-electron chi connectivity index (χ3n) is 4.23. The molecule has 0 saturated heterocycles. The highest BCUT2D eigenvalue weighted by molar-refractivity contribution is 5.84. The summed E-state index contributed by atoms with van der Waals surface area (Å²) in [6, 6.07) is 12.6. The van der Waals surface area contributed by atoms with Gasteiger partial charge < -0.3 is 4.98 Å². The molecule has 7 nitrogen and oxygen atoms in total. The van der Waals surface area contributed by atoms with E-state index in [4.69, 9.17) is 0 Å². The van der Waals surface area contributed by atoms with E-state index in [2.05, 4.69) is 4.98 Å². The molecule has 3 rings (SSSR count). The number of para-hydroxylation sites is 1. The second-order valence-electron chi connectivity index (χ2n) is 5.64. The molecule has 0 aliphatic heterocycles. The van der Waals surface area contributed by atoms with Crippen LogP contribution in [0, 0.1) is 20.2 Å². The van der Waals surface area contributed by atoms with Gasteiger partial charge in [-0.3, -0.25) is 20.2 Å². The molecule has 2 atom stereocenters. The molecule has 1 heterocycles. The fourth-order valence-electron chi connectivity index (χ4n) is 2.99. The number of non-ortho nitro benzene ring substituents is 1. The molecule has 0 amide bonds. The van der Waals surface area contributed by atoms with Crippen molar-refractivity contribution in [2.24, 2.45) is 0 Å². The Kier molecular flexibility index (Phi) is 3.99. The van der Waals surface area contributed by atoms with Gasteiger partial charge in [0.1, 0.15) is 0 Å². The van der Waals surface area contributed by atoms with Gasteiger partial charge in [-0.2, -0.15) is 0 Å². The van der Waals surface area contributed by atoms with Crippen LogP contribution < -0.4 is 0 Å². The van der Waals surface area contributed by atoms with E-state index in [9.17, 15) is 20.2 Å². The number of hydrogen-bond donors (Lipinski definition) is 1. The number of benzene rings is 2. The molecule has 2 unspecified atom stereocenters. The molecule has 3 aromatic rings. The topological polar surface area (TPSA) is 102 Å². The summed E-state index contributed by atoms with van der Waals surface area (Å²) in [7, 11) is 0. The van der Waals surface area contributed by atoms with Gasteiger partial charge in [-0.15, -0.1) is 0 Å². The van der Waals surface area contributed by atoms with Gasteiger partial charge in [0.15, 0.2) is 0 Å². The summed E-state index contributed by atoms with van der Waals surface area (Å²) in [6.45, 7) is 1.55. The molecule has 0 fully saturated rings. The van der Waals surface area contributed by atoms with Gasteiger partial charge in [0, 0.05) is 41.1 Å². The van der Waals surface area contributed by atoms with Crippen molar-refractivity contribution in [3.8, 4) is 0 Å².